The maximum absolute atomic E-state index is 12.6. The molecule has 0 amide bonds. The van der Waals surface area contributed by atoms with Crippen molar-refractivity contribution in [3.05, 3.63) is 0 Å². The third kappa shape index (κ3) is 38.5. The number of unbranched alkanes of at least 4 members (excludes halogenated alkanes) is 14. The molecule has 0 aromatic rings. The van der Waals surface area contributed by atoms with Crippen LogP contribution in [0.5, 0.6) is 0 Å². The van der Waals surface area contributed by atoms with Crippen molar-refractivity contribution in [1.29, 1.82) is 0 Å². The van der Waals surface area contributed by atoms with Gasteiger partial charge in [0.25, 0.3) is 0 Å². The molecule has 0 aliphatic heterocycles. The SMILES string of the molecule is CCCCCCCCCCSSSCC(C)OC(=O)CCN(CCCN(C)C)CCC(=O)OC(C)CSSSCCCCCCCCCC. The maximum Gasteiger partial charge on any atom is 0.307 e. The molecule has 12 heteroatoms. The molecule has 0 fully saturated rings. The zero-order valence-electron chi connectivity index (χ0n) is 32.2. The van der Waals surface area contributed by atoms with Crippen molar-refractivity contribution in [2.45, 2.75) is 162 Å². The van der Waals surface area contributed by atoms with E-state index < -0.39 is 0 Å². The standard InChI is InChI=1S/C37H74N2O4S6/c1-7-9-11-13-15-17-19-21-30-44-48-46-32-34(3)42-36(40)24-28-39(27-23-26-38(5)6)29-25-37(41)43-35(4)33-47-49-45-31-22-20-18-16-14-12-10-8-2/h34-35H,7-33H2,1-6H3. The highest BCUT2D eigenvalue weighted by Gasteiger charge is 2.16. The normalized spacial score (nSPS) is 12.9. The van der Waals surface area contributed by atoms with E-state index in [-0.39, 0.29) is 24.1 Å². The van der Waals surface area contributed by atoms with Gasteiger partial charge in [0, 0.05) is 36.1 Å². The van der Waals surface area contributed by atoms with Gasteiger partial charge in [0.05, 0.1) is 12.8 Å². The van der Waals surface area contributed by atoms with Gasteiger partial charge in [-0.1, -0.05) is 147 Å². The predicted octanol–water partition coefficient (Wildman–Crippen LogP) is 12.2. The minimum absolute atomic E-state index is 0.105. The van der Waals surface area contributed by atoms with Gasteiger partial charge in [0.15, 0.2) is 0 Å². The molecule has 0 aromatic heterocycles. The number of rotatable bonds is 38. The summed E-state index contributed by atoms with van der Waals surface area (Å²) in [5.41, 5.74) is 0. The van der Waals surface area contributed by atoms with Gasteiger partial charge in [0.2, 0.25) is 0 Å². The second kappa shape index (κ2) is 38.7. The lowest BCUT2D eigenvalue weighted by molar-refractivity contribution is -0.147. The molecule has 49 heavy (non-hydrogen) atoms. The Hall–Kier alpha value is 0.960. The Kier molecular flexibility index (Phi) is 39.4. The lowest BCUT2D eigenvalue weighted by Crippen LogP contribution is -2.33. The zero-order valence-corrected chi connectivity index (χ0v) is 37.1. The van der Waals surface area contributed by atoms with Crippen molar-refractivity contribution in [3.63, 3.8) is 0 Å². The van der Waals surface area contributed by atoms with Crippen LogP contribution < -0.4 is 0 Å². The van der Waals surface area contributed by atoms with Crippen LogP contribution in [-0.4, -0.2) is 97.2 Å². The fourth-order valence-electron chi connectivity index (χ4n) is 5.05. The summed E-state index contributed by atoms with van der Waals surface area (Å²) in [5, 5.41) is 0. The highest BCUT2D eigenvalue weighted by atomic mass is 33.5. The molecule has 0 aliphatic carbocycles. The van der Waals surface area contributed by atoms with Crippen LogP contribution in [-0.2, 0) is 19.1 Å². The Morgan fingerprint density at radius 1 is 0.510 bits per heavy atom. The van der Waals surface area contributed by atoms with Crippen molar-refractivity contribution in [3.8, 4) is 0 Å². The van der Waals surface area contributed by atoms with Crippen LogP contribution in [0.15, 0.2) is 0 Å². The van der Waals surface area contributed by atoms with E-state index in [1.165, 1.54) is 114 Å². The molecule has 0 radical (unpaired) electrons. The van der Waals surface area contributed by atoms with E-state index in [9.17, 15) is 9.59 Å². The maximum atomic E-state index is 12.6. The van der Waals surface area contributed by atoms with E-state index in [1.807, 2.05) is 55.1 Å². The molecule has 292 valence electrons. The number of carbonyl (C=O) groups excluding carboxylic acids is 2. The molecule has 0 saturated heterocycles. The first kappa shape index (κ1) is 50.0. The molecule has 0 N–H and O–H groups in total. The number of ether oxygens (including phenoxy) is 2. The molecule has 0 aromatic carbocycles. The first-order valence-electron chi connectivity index (χ1n) is 19.4. The van der Waals surface area contributed by atoms with Crippen molar-refractivity contribution in [2.75, 3.05) is 63.3 Å². The van der Waals surface area contributed by atoms with Gasteiger partial charge >= 0.3 is 11.9 Å². The minimum atomic E-state index is -0.159. The Labute approximate surface area is 326 Å². The molecule has 6 nitrogen and oxygen atoms in total. The number of carbonyl (C=O) groups is 2. The quantitative estimate of drug-likeness (QED) is 0.0339. The second-order valence-corrected chi connectivity index (χ2v) is 22.2. The molecule has 2 atom stereocenters. The van der Waals surface area contributed by atoms with Crippen molar-refractivity contribution in [1.82, 2.24) is 9.80 Å². The van der Waals surface area contributed by atoms with E-state index >= 15 is 0 Å². The minimum Gasteiger partial charge on any atom is -0.462 e. The van der Waals surface area contributed by atoms with Crippen LogP contribution in [0.3, 0.4) is 0 Å². The zero-order chi connectivity index (χ0) is 36.2. The molecule has 2 unspecified atom stereocenters. The second-order valence-electron chi connectivity index (χ2n) is 13.4. The fourth-order valence-corrected chi connectivity index (χ4v) is 13.1. The Balaban J connectivity index is 4.08. The molecular formula is C37H74N2O4S6. The van der Waals surface area contributed by atoms with Crippen LogP contribution >= 0.6 is 62.8 Å². The predicted molar refractivity (Wildman–Crippen MR) is 230 cm³/mol. The molecule has 0 saturated carbocycles. The lowest BCUT2D eigenvalue weighted by atomic mass is 10.1. The van der Waals surface area contributed by atoms with Gasteiger partial charge in [-0.2, -0.15) is 0 Å². The smallest absolute Gasteiger partial charge is 0.307 e. The van der Waals surface area contributed by atoms with Gasteiger partial charge in [0.1, 0.15) is 12.2 Å². The number of hydrogen-bond acceptors (Lipinski definition) is 12. The van der Waals surface area contributed by atoms with Gasteiger partial charge in [-0.3, -0.25) is 9.59 Å². The average Bonchev–Trinajstić information content (AvgIpc) is 3.06. The topological polar surface area (TPSA) is 59.1 Å². The highest BCUT2D eigenvalue weighted by molar-refractivity contribution is 9.09. The Morgan fingerprint density at radius 3 is 1.29 bits per heavy atom. The van der Waals surface area contributed by atoms with Crippen molar-refractivity contribution >= 4 is 74.8 Å². The summed E-state index contributed by atoms with van der Waals surface area (Å²) in [6.07, 6.45) is 23.1. The largest absolute Gasteiger partial charge is 0.462 e. The Morgan fingerprint density at radius 2 is 0.898 bits per heavy atom. The number of nitrogens with zero attached hydrogens (tertiary/aromatic N) is 2. The Bertz CT molecular complexity index is 689. The molecule has 0 aliphatic rings. The number of hydrogen-bond donors (Lipinski definition) is 0. The van der Waals surface area contributed by atoms with E-state index in [4.69, 9.17) is 9.47 Å². The molecule has 0 spiro atoms. The van der Waals surface area contributed by atoms with Gasteiger partial charge in [-0.05, 0) is 79.9 Å². The van der Waals surface area contributed by atoms with E-state index in [0.717, 1.165) is 31.0 Å². The van der Waals surface area contributed by atoms with Gasteiger partial charge < -0.3 is 19.3 Å². The van der Waals surface area contributed by atoms with Crippen LogP contribution in [0.4, 0.5) is 0 Å². The summed E-state index contributed by atoms with van der Waals surface area (Å²) in [5.74, 6) is 3.65. The average molecular weight is 803 g/mol. The summed E-state index contributed by atoms with van der Waals surface area (Å²) >= 11 is 0. The summed E-state index contributed by atoms with van der Waals surface area (Å²) in [4.78, 5) is 29.6. The molecule has 0 bridgehead atoms. The van der Waals surface area contributed by atoms with E-state index in [2.05, 4.69) is 37.7 Å². The van der Waals surface area contributed by atoms with Crippen molar-refractivity contribution in [2.24, 2.45) is 0 Å². The van der Waals surface area contributed by atoms with Gasteiger partial charge in [-0.25, -0.2) is 0 Å². The molecular weight excluding hydrogens is 729 g/mol. The van der Waals surface area contributed by atoms with Crippen LogP contribution in [0.1, 0.15) is 150 Å². The monoisotopic (exact) mass is 802 g/mol. The first-order chi connectivity index (χ1) is 23.8. The fraction of sp³-hybridized carbons (Fsp3) is 0.946. The molecule has 0 heterocycles. The summed E-state index contributed by atoms with van der Waals surface area (Å²) in [6, 6.07) is 0. The lowest BCUT2D eigenvalue weighted by Gasteiger charge is -2.23. The van der Waals surface area contributed by atoms with Crippen LogP contribution in [0.25, 0.3) is 0 Å². The molecule has 0 rings (SSSR count). The highest BCUT2D eigenvalue weighted by Crippen LogP contribution is 2.36. The van der Waals surface area contributed by atoms with E-state index in [0.29, 0.717) is 25.9 Å². The summed E-state index contributed by atoms with van der Waals surface area (Å²) < 4.78 is 11.4. The van der Waals surface area contributed by atoms with Crippen molar-refractivity contribution < 1.29 is 19.1 Å². The van der Waals surface area contributed by atoms with E-state index in [1.54, 1.807) is 21.6 Å². The third-order valence-corrected chi connectivity index (χ3v) is 16.9. The van der Waals surface area contributed by atoms with Gasteiger partial charge in [-0.15, -0.1) is 0 Å². The summed E-state index contributed by atoms with van der Waals surface area (Å²) in [7, 11) is 15.2. The third-order valence-electron chi connectivity index (χ3n) is 7.97. The van der Waals surface area contributed by atoms with Crippen LogP contribution in [0, 0.1) is 0 Å². The first-order valence-corrected chi connectivity index (χ1v) is 27.0. The number of esters is 2. The van der Waals surface area contributed by atoms with Crippen LogP contribution in [0.2, 0.25) is 0 Å². The summed E-state index contributed by atoms with van der Waals surface area (Å²) in [6.45, 7) is 11.5.